The topological polar surface area (TPSA) is 124 Å². The quantitative estimate of drug-likeness (QED) is 0.421. The van der Waals surface area contributed by atoms with Crippen molar-refractivity contribution in [3.63, 3.8) is 0 Å². The Kier molecular flexibility index (Phi) is 10.3. The minimum absolute atomic E-state index is 0.470. The zero-order valence-corrected chi connectivity index (χ0v) is 21.7. The third-order valence-electron chi connectivity index (χ3n) is 6.08. The SMILES string of the molecule is O=C(O)C(F)(F)F.O=C(O)C(F)(F)F.c1csc(CN2CCC(c3nc4ccc(N5CCCC5)cn4n3)CC2)n1. The minimum Gasteiger partial charge on any atom is -0.475 e. The second-order valence-corrected chi connectivity index (χ2v) is 9.92. The molecule has 0 aromatic carbocycles. The van der Waals surface area contributed by atoms with Gasteiger partial charge in [-0.05, 0) is 50.9 Å². The summed E-state index contributed by atoms with van der Waals surface area (Å²) in [5.41, 5.74) is 2.23. The average molecular weight is 597 g/mol. The number of aliphatic carboxylic acids is 2. The van der Waals surface area contributed by atoms with E-state index in [1.54, 1.807) is 11.3 Å². The number of rotatable bonds is 4. The summed E-state index contributed by atoms with van der Waals surface area (Å²) in [5, 5.41) is 22.3. The van der Waals surface area contributed by atoms with Gasteiger partial charge in [0.05, 0.1) is 18.4 Å². The van der Waals surface area contributed by atoms with Crippen molar-refractivity contribution in [1.29, 1.82) is 0 Å². The maximum atomic E-state index is 10.6. The average Bonchev–Trinajstić information content (AvgIpc) is 3.65. The highest BCUT2D eigenvalue weighted by molar-refractivity contribution is 7.09. The molecule has 5 heterocycles. The Balaban J connectivity index is 0.000000263. The number of piperidine rings is 1. The van der Waals surface area contributed by atoms with Gasteiger partial charge in [0.1, 0.15) is 5.01 Å². The molecule has 2 saturated heterocycles. The van der Waals surface area contributed by atoms with Crippen molar-refractivity contribution in [1.82, 2.24) is 24.5 Å². The van der Waals surface area contributed by atoms with E-state index in [9.17, 15) is 26.3 Å². The number of anilines is 1. The fraction of sp³-hybridized carbons (Fsp3) is 0.522. The largest absolute Gasteiger partial charge is 0.490 e. The number of aromatic nitrogens is 4. The van der Waals surface area contributed by atoms with E-state index < -0.39 is 24.3 Å². The highest BCUT2D eigenvalue weighted by Gasteiger charge is 2.38. The Morgan fingerprint density at radius 1 is 0.950 bits per heavy atom. The molecule has 0 saturated carbocycles. The predicted octanol–water partition coefficient (Wildman–Crippen LogP) is 4.43. The Labute approximate surface area is 227 Å². The number of thiazole rings is 1. The molecule has 2 aliphatic heterocycles. The zero-order chi connectivity index (χ0) is 29.5. The van der Waals surface area contributed by atoms with Gasteiger partial charge in [0, 0.05) is 30.6 Å². The minimum atomic E-state index is -5.08. The Morgan fingerprint density at radius 2 is 1.52 bits per heavy atom. The van der Waals surface area contributed by atoms with Gasteiger partial charge in [-0.25, -0.2) is 24.1 Å². The van der Waals surface area contributed by atoms with Crippen molar-refractivity contribution < 1.29 is 46.1 Å². The second kappa shape index (κ2) is 13.3. The van der Waals surface area contributed by atoms with Crippen molar-refractivity contribution in [3.05, 3.63) is 40.7 Å². The Morgan fingerprint density at radius 3 is 2.02 bits per heavy atom. The molecule has 3 aromatic heterocycles. The second-order valence-electron chi connectivity index (χ2n) is 8.94. The normalized spacial score (nSPS) is 16.7. The van der Waals surface area contributed by atoms with Crippen LogP contribution in [0, 0.1) is 0 Å². The first-order chi connectivity index (χ1) is 18.7. The van der Waals surface area contributed by atoms with E-state index in [4.69, 9.17) is 29.9 Å². The van der Waals surface area contributed by atoms with E-state index >= 15 is 0 Å². The van der Waals surface area contributed by atoms with Gasteiger partial charge in [-0.3, -0.25) is 4.90 Å². The van der Waals surface area contributed by atoms with Gasteiger partial charge in [-0.15, -0.1) is 11.3 Å². The van der Waals surface area contributed by atoms with Crippen LogP contribution in [0.4, 0.5) is 32.0 Å². The van der Waals surface area contributed by atoms with Gasteiger partial charge in [-0.2, -0.15) is 31.4 Å². The van der Waals surface area contributed by atoms with Crippen molar-refractivity contribution in [2.75, 3.05) is 31.1 Å². The number of halogens is 6. The molecule has 220 valence electrons. The number of hydrogen-bond donors (Lipinski definition) is 2. The number of carboxylic acid groups (broad SMARTS) is 2. The number of nitrogens with zero attached hydrogens (tertiary/aromatic N) is 6. The summed E-state index contributed by atoms with van der Waals surface area (Å²) in [5.74, 6) is -4.03. The van der Waals surface area contributed by atoms with Crippen LogP contribution in [-0.4, -0.2) is 85.2 Å². The van der Waals surface area contributed by atoms with E-state index in [-0.39, 0.29) is 0 Å². The maximum absolute atomic E-state index is 10.6. The Bertz CT molecular complexity index is 1230. The fourth-order valence-electron chi connectivity index (χ4n) is 4.10. The number of likely N-dealkylation sites (tertiary alicyclic amines) is 1. The number of fused-ring (bicyclic) bond motifs is 1. The third-order valence-corrected chi connectivity index (χ3v) is 6.85. The lowest BCUT2D eigenvalue weighted by molar-refractivity contribution is -0.193. The lowest BCUT2D eigenvalue weighted by Crippen LogP contribution is -2.32. The van der Waals surface area contributed by atoms with Crippen LogP contribution in [0.25, 0.3) is 5.65 Å². The van der Waals surface area contributed by atoms with E-state index in [0.29, 0.717) is 5.92 Å². The van der Waals surface area contributed by atoms with Crippen LogP contribution in [0.2, 0.25) is 0 Å². The summed E-state index contributed by atoms with van der Waals surface area (Å²) in [6, 6.07) is 4.30. The molecule has 0 bridgehead atoms. The predicted molar refractivity (Wildman–Crippen MR) is 131 cm³/mol. The number of carboxylic acids is 2. The van der Waals surface area contributed by atoms with E-state index in [2.05, 4.69) is 38.5 Å². The summed E-state index contributed by atoms with van der Waals surface area (Å²) >= 11 is 1.74. The molecule has 5 rings (SSSR count). The summed E-state index contributed by atoms with van der Waals surface area (Å²) in [7, 11) is 0. The van der Waals surface area contributed by atoms with E-state index in [0.717, 1.165) is 57.0 Å². The van der Waals surface area contributed by atoms with Gasteiger partial charge in [0.2, 0.25) is 0 Å². The summed E-state index contributed by atoms with van der Waals surface area (Å²) in [4.78, 5) is 31.9. The summed E-state index contributed by atoms with van der Waals surface area (Å²) < 4.78 is 65.4. The maximum Gasteiger partial charge on any atom is 0.490 e. The van der Waals surface area contributed by atoms with Crippen LogP contribution < -0.4 is 4.90 Å². The molecule has 0 atom stereocenters. The summed E-state index contributed by atoms with van der Waals surface area (Å²) in [6.07, 6.45) is -1.29. The first-order valence-corrected chi connectivity index (χ1v) is 12.9. The van der Waals surface area contributed by atoms with Crippen molar-refractivity contribution in [2.45, 2.75) is 50.5 Å². The van der Waals surface area contributed by atoms with Crippen molar-refractivity contribution in [3.8, 4) is 0 Å². The molecule has 3 aromatic rings. The molecule has 0 radical (unpaired) electrons. The Hall–Kier alpha value is -3.47. The van der Waals surface area contributed by atoms with Crippen LogP contribution in [-0.2, 0) is 16.1 Å². The molecular formula is C23H26F6N6O4S. The molecule has 2 N–H and O–H groups in total. The molecule has 40 heavy (non-hydrogen) atoms. The van der Waals surface area contributed by atoms with Gasteiger partial charge in [-0.1, -0.05) is 0 Å². The van der Waals surface area contributed by atoms with Gasteiger partial charge in [0.15, 0.2) is 11.5 Å². The van der Waals surface area contributed by atoms with E-state index in [1.807, 2.05) is 10.7 Å². The molecular weight excluding hydrogens is 570 g/mol. The molecule has 2 fully saturated rings. The van der Waals surface area contributed by atoms with Crippen LogP contribution in [0.5, 0.6) is 0 Å². The number of carbonyl (C=O) groups is 2. The monoisotopic (exact) mass is 596 g/mol. The fourth-order valence-corrected chi connectivity index (χ4v) is 4.75. The molecule has 17 heteroatoms. The highest BCUT2D eigenvalue weighted by Crippen LogP contribution is 2.28. The zero-order valence-electron chi connectivity index (χ0n) is 20.9. The van der Waals surface area contributed by atoms with Crippen LogP contribution >= 0.6 is 11.3 Å². The lowest BCUT2D eigenvalue weighted by atomic mass is 9.96. The smallest absolute Gasteiger partial charge is 0.475 e. The first kappa shape index (κ1) is 31.1. The third kappa shape index (κ3) is 9.04. The standard InChI is InChI=1S/C19H24N6S.2C2HF3O2/c1-2-9-24(8-1)16-3-4-17-21-19(22-25(17)13-16)15-5-10-23(11-6-15)14-18-20-7-12-26-18;2*3-2(4,5)1(6)7/h3-4,7,12-13,15H,1-2,5-6,8-11,14H2;2*(H,6,7). The first-order valence-electron chi connectivity index (χ1n) is 12.1. The van der Waals surface area contributed by atoms with E-state index in [1.165, 1.54) is 23.5 Å². The molecule has 0 amide bonds. The molecule has 0 unspecified atom stereocenters. The molecule has 0 spiro atoms. The highest BCUT2D eigenvalue weighted by atomic mass is 32.1. The number of alkyl halides is 6. The number of pyridine rings is 1. The molecule has 0 aliphatic carbocycles. The molecule has 10 nitrogen and oxygen atoms in total. The van der Waals surface area contributed by atoms with Crippen LogP contribution in [0.3, 0.4) is 0 Å². The van der Waals surface area contributed by atoms with Crippen LogP contribution in [0.1, 0.15) is 42.4 Å². The van der Waals surface area contributed by atoms with Crippen molar-refractivity contribution in [2.24, 2.45) is 0 Å². The molecule has 2 aliphatic rings. The van der Waals surface area contributed by atoms with Crippen molar-refractivity contribution >= 4 is 34.6 Å². The van der Waals surface area contributed by atoms with Gasteiger partial charge in [0.25, 0.3) is 0 Å². The summed E-state index contributed by atoms with van der Waals surface area (Å²) in [6.45, 7) is 5.48. The van der Waals surface area contributed by atoms with Crippen LogP contribution in [0.15, 0.2) is 29.9 Å². The number of hydrogen-bond acceptors (Lipinski definition) is 8. The lowest BCUT2D eigenvalue weighted by Gasteiger charge is -2.29. The van der Waals surface area contributed by atoms with Gasteiger partial charge >= 0.3 is 24.3 Å². The van der Waals surface area contributed by atoms with Gasteiger partial charge < -0.3 is 15.1 Å².